The molecule has 1 aromatic carbocycles. The van der Waals surface area contributed by atoms with E-state index in [4.69, 9.17) is 5.73 Å². The van der Waals surface area contributed by atoms with Crippen LogP contribution in [-0.4, -0.2) is 16.1 Å². The van der Waals surface area contributed by atoms with Gasteiger partial charge in [0, 0.05) is 6.42 Å². The van der Waals surface area contributed by atoms with Crippen LogP contribution in [0.1, 0.15) is 37.3 Å². The highest BCUT2D eigenvalue weighted by atomic mass is 35.5. The van der Waals surface area contributed by atoms with Gasteiger partial charge >= 0.3 is 0 Å². The second-order valence-corrected chi connectivity index (χ2v) is 6.19. The van der Waals surface area contributed by atoms with Gasteiger partial charge in [0.25, 0.3) is 5.91 Å². The lowest BCUT2D eigenvalue weighted by atomic mass is 9.92. The number of anilines is 1. The van der Waals surface area contributed by atoms with Gasteiger partial charge in [-0.2, -0.15) is 0 Å². The molecule has 1 aromatic heterocycles. The van der Waals surface area contributed by atoms with Crippen LogP contribution in [0.5, 0.6) is 0 Å². The third-order valence-electron chi connectivity index (χ3n) is 3.28. The van der Waals surface area contributed by atoms with E-state index >= 15 is 0 Å². The molecule has 2 aromatic rings. The number of hydrogen-bond donors (Lipinski definition) is 2. The number of amides is 1. The maximum atomic E-state index is 12.4. The maximum Gasteiger partial charge on any atom is 0.250 e. The third kappa shape index (κ3) is 4.50. The SMILES string of the molecule is CCCCc1nnc(NC(=O)C(C)(N)c2ccccc2)s1.Cl. The van der Waals surface area contributed by atoms with Crippen LogP contribution in [0.25, 0.3) is 0 Å². The second-order valence-electron chi connectivity index (χ2n) is 5.13. The van der Waals surface area contributed by atoms with Crippen molar-refractivity contribution in [2.24, 2.45) is 5.73 Å². The van der Waals surface area contributed by atoms with E-state index in [9.17, 15) is 4.79 Å². The van der Waals surface area contributed by atoms with Crippen LogP contribution < -0.4 is 11.1 Å². The summed E-state index contributed by atoms with van der Waals surface area (Å²) in [4.78, 5) is 12.4. The molecule has 0 fully saturated rings. The van der Waals surface area contributed by atoms with Crippen molar-refractivity contribution in [3.8, 4) is 0 Å². The topological polar surface area (TPSA) is 80.9 Å². The van der Waals surface area contributed by atoms with E-state index in [1.807, 2.05) is 30.3 Å². The molecular weight excluding hydrogens is 320 g/mol. The van der Waals surface area contributed by atoms with E-state index in [1.54, 1.807) is 6.92 Å². The number of nitrogens with zero attached hydrogens (tertiary/aromatic N) is 2. The van der Waals surface area contributed by atoms with Gasteiger partial charge in [0.1, 0.15) is 10.5 Å². The number of unbranched alkanes of at least 4 members (excludes halogenated alkanes) is 1. The zero-order chi connectivity index (χ0) is 15.3. The third-order valence-corrected chi connectivity index (χ3v) is 4.18. The van der Waals surface area contributed by atoms with Crippen LogP contribution in [0.15, 0.2) is 30.3 Å². The van der Waals surface area contributed by atoms with Crippen molar-refractivity contribution in [3.63, 3.8) is 0 Å². The van der Waals surface area contributed by atoms with Crippen LogP contribution in [-0.2, 0) is 16.8 Å². The Morgan fingerprint density at radius 3 is 2.64 bits per heavy atom. The van der Waals surface area contributed by atoms with Gasteiger partial charge in [-0.1, -0.05) is 55.0 Å². The van der Waals surface area contributed by atoms with Crippen LogP contribution >= 0.6 is 23.7 Å². The van der Waals surface area contributed by atoms with Crippen molar-refractivity contribution < 1.29 is 4.79 Å². The first-order valence-corrected chi connectivity index (χ1v) is 7.84. The van der Waals surface area contributed by atoms with E-state index in [2.05, 4.69) is 22.4 Å². The fraction of sp³-hybridized carbons (Fsp3) is 0.400. The minimum absolute atomic E-state index is 0. The van der Waals surface area contributed by atoms with Crippen LogP contribution in [0, 0.1) is 0 Å². The zero-order valence-corrected chi connectivity index (χ0v) is 14.3. The van der Waals surface area contributed by atoms with Gasteiger partial charge in [-0.3, -0.25) is 10.1 Å². The second kappa shape index (κ2) is 8.22. The molecule has 7 heteroatoms. The molecule has 0 bridgehead atoms. The summed E-state index contributed by atoms with van der Waals surface area (Å²) in [5.41, 5.74) is 5.82. The first-order chi connectivity index (χ1) is 10.0. The van der Waals surface area contributed by atoms with Crippen molar-refractivity contribution in [1.29, 1.82) is 0 Å². The molecule has 0 aliphatic carbocycles. The number of aryl methyl sites for hydroxylation is 1. The molecule has 3 N–H and O–H groups in total. The van der Waals surface area contributed by atoms with E-state index in [0.717, 1.165) is 29.8 Å². The number of nitrogens with one attached hydrogen (secondary N) is 1. The lowest BCUT2D eigenvalue weighted by Gasteiger charge is -2.23. The summed E-state index contributed by atoms with van der Waals surface area (Å²) in [5, 5.41) is 12.3. The summed E-state index contributed by atoms with van der Waals surface area (Å²) in [5.74, 6) is -0.285. The Bertz CT molecular complexity index is 601. The summed E-state index contributed by atoms with van der Waals surface area (Å²) < 4.78 is 0. The van der Waals surface area contributed by atoms with Crippen molar-refractivity contribution in [3.05, 3.63) is 40.9 Å². The Balaban J connectivity index is 0.00000242. The normalized spacial score (nSPS) is 13.0. The maximum absolute atomic E-state index is 12.4. The highest BCUT2D eigenvalue weighted by Gasteiger charge is 2.31. The van der Waals surface area contributed by atoms with E-state index in [0.29, 0.717) is 5.13 Å². The number of benzene rings is 1. The zero-order valence-electron chi connectivity index (χ0n) is 12.7. The molecule has 0 aliphatic heterocycles. The molecule has 5 nitrogen and oxygen atoms in total. The standard InChI is InChI=1S/C15H20N4OS.ClH/c1-3-4-10-12-18-19-14(21-12)17-13(20)15(2,16)11-8-6-5-7-9-11;/h5-9H,3-4,10,16H2,1-2H3,(H,17,19,20);1H. The molecule has 0 saturated heterocycles. The Hall–Kier alpha value is -1.50. The summed E-state index contributed by atoms with van der Waals surface area (Å²) in [6, 6.07) is 9.30. The van der Waals surface area contributed by atoms with Gasteiger partial charge in [-0.25, -0.2) is 0 Å². The predicted molar refractivity (Wildman–Crippen MR) is 92.4 cm³/mol. The lowest BCUT2D eigenvalue weighted by Crippen LogP contribution is -2.45. The van der Waals surface area contributed by atoms with Crippen molar-refractivity contribution in [2.75, 3.05) is 5.32 Å². The van der Waals surface area contributed by atoms with Crippen LogP contribution in [0.3, 0.4) is 0 Å². The smallest absolute Gasteiger partial charge is 0.250 e. The van der Waals surface area contributed by atoms with E-state index < -0.39 is 5.54 Å². The molecule has 0 aliphatic rings. The van der Waals surface area contributed by atoms with Gasteiger partial charge in [0.15, 0.2) is 0 Å². The molecule has 1 amide bonds. The van der Waals surface area contributed by atoms with Crippen molar-refractivity contribution in [2.45, 2.75) is 38.6 Å². The molecule has 0 saturated carbocycles. The first-order valence-electron chi connectivity index (χ1n) is 7.02. The van der Waals surface area contributed by atoms with E-state index in [1.165, 1.54) is 11.3 Å². The molecular formula is C15H21ClN4OS. The van der Waals surface area contributed by atoms with Gasteiger partial charge in [0.2, 0.25) is 5.13 Å². The lowest BCUT2D eigenvalue weighted by molar-refractivity contribution is -0.120. The van der Waals surface area contributed by atoms with Crippen LogP contribution in [0.4, 0.5) is 5.13 Å². The summed E-state index contributed by atoms with van der Waals surface area (Å²) in [7, 11) is 0. The summed E-state index contributed by atoms with van der Waals surface area (Å²) >= 11 is 1.40. The molecule has 0 spiro atoms. The Kier molecular flexibility index (Phi) is 6.93. The first kappa shape index (κ1) is 18.5. The number of carbonyl (C=O) groups excluding carboxylic acids is 1. The molecule has 0 radical (unpaired) electrons. The molecule has 120 valence electrons. The van der Waals surface area contributed by atoms with Gasteiger partial charge in [-0.15, -0.1) is 22.6 Å². The number of hydrogen-bond acceptors (Lipinski definition) is 5. The van der Waals surface area contributed by atoms with E-state index in [-0.39, 0.29) is 18.3 Å². The molecule has 1 heterocycles. The van der Waals surface area contributed by atoms with Gasteiger partial charge in [-0.05, 0) is 18.9 Å². The fourth-order valence-corrected chi connectivity index (χ4v) is 2.65. The Morgan fingerprint density at radius 1 is 1.32 bits per heavy atom. The predicted octanol–water partition coefficient (Wildman–Crippen LogP) is 3.12. The Morgan fingerprint density at radius 2 is 2.00 bits per heavy atom. The number of halogens is 1. The summed E-state index contributed by atoms with van der Waals surface area (Å²) in [6.07, 6.45) is 3.07. The quantitative estimate of drug-likeness (QED) is 0.846. The summed E-state index contributed by atoms with van der Waals surface area (Å²) in [6.45, 7) is 3.82. The average molecular weight is 341 g/mol. The molecule has 1 atom stereocenters. The van der Waals surface area contributed by atoms with Gasteiger partial charge < -0.3 is 5.73 Å². The monoisotopic (exact) mass is 340 g/mol. The Labute approximate surface area is 140 Å². The number of rotatable bonds is 6. The van der Waals surface area contributed by atoms with Crippen LogP contribution in [0.2, 0.25) is 0 Å². The van der Waals surface area contributed by atoms with Gasteiger partial charge in [0.05, 0.1) is 0 Å². The largest absolute Gasteiger partial charge is 0.314 e. The number of carbonyl (C=O) groups is 1. The highest BCUT2D eigenvalue weighted by Crippen LogP contribution is 2.22. The minimum Gasteiger partial charge on any atom is -0.314 e. The number of nitrogens with two attached hydrogens (primary N) is 1. The molecule has 2 rings (SSSR count). The highest BCUT2D eigenvalue weighted by molar-refractivity contribution is 7.15. The van der Waals surface area contributed by atoms with Crippen molar-refractivity contribution >= 4 is 34.8 Å². The number of aromatic nitrogens is 2. The molecule has 1 unspecified atom stereocenters. The molecule has 22 heavy (non-hydrogen) atoms. The van der Waals surface area contributed by atoms with Crippen molar-refractivity contribution in [1.82, 2.24) is 10.2 Å². The minimum atomic E-state index is -1.10. The fourth-order valence-electron chi connectivity index (χ4n) is 1.88. The average Bonchev–Trinajstić information content (AvgIpc) is 2.93.